The van der Waals surface area contributed by atoms with Gasteiger partial charge in [0.05, 0.1) is 11.6 Å². The Morgan fingerprint density at radius 1 is 0.968 bits per heavy atom. The number of aryl methyl sites for hydroxylation is 2. The molecule has 0 spiro atoms. The van der Waals surface area contributed by atoms with Gasteiger partial charge in [-0.15, -0.1) is 0 Å². The number of ether oxygens (including phenoxy) is 1. The Bertz CT molecular complexity index is 1060. The summed E-state index contributed by atoms with van der Waals surface area (Å²) in [5, 5.41) is 10.6. The van der Waals surface area contributed by atoms with Crippen LogP contribution in [0.2, 0.25) is 0 Å². The highest BCUT2D eigenvalue weighted by atomic mass is 19.1. The fraction of sp³-hybridized carbons (Fsp3) is 0.393. The summed E-state index contributed by atoms with van der Waals surface area (Å²) in [7, 11) is 1.78. The third-order valence-corrected chi connectivity index (χ3v) is 6.87. The zero-order valence-electron chi connectivity index (χ0n) is 18.2. The predicted octanol–water partition coefficient (Wildman–Crippen LogP) is 6.95. The first kappa shape index (κ1) is 21.5. The Kier molecular flexibility index (Phi) is 6.99. The summed E-state index contributed by atoms with van der Waals surface area (Å²) >= 11 is 0. The van der Waals surface area contributed by atoms with Gasteiger partial charge in [0.25, 0.3) is 0 Å². The molecule has 2 nitrogen and oxygen atoms in total. The molecule has 31 heavy (non-hydrogen) atoms. The summed E-state index contributed by atoms with van der Waals surface area (Å²) in [4.78, 5) is 0. The average molecular weight is 416 g/mol. The van der Waals surface area contributed by atoms with Crippen LogP contribution in [0, 0.1) is 23.1 Å². The van der Waals surface area contributed by atoms with Crippen molar-refractivity contribution in [3.05, 3.63) is 82.7 Å². The van der Waals surface area contributed by atoms with Crippen molar-refractivity contribution in [1.29, 1.82) is 5.26 Å². The summed E-state index contributed by atoms with van der Waals surface area (Å²) < 4.78 is 20.4. The maximum absolute atomic E-state index is 15.2. The Balaban J connectivity index is 1.43. The van der Waals surface area contributed by atoms with Crippen LogP contribution in [0.15, 0.2) is 54.6 Å². The van der Waals surface area contributed by atoms with E-state index in [1.807, 2.05) is 36.4 Å². The fourth-order valence-corrected chi connectivity index (χ4v) is 4.90. The quantitative estimate of drug-likeness (QED) is 0.418. The molecule has 0 unspecified atom stereocenters. The number of halogens is 1. The lowest BCUT2D eigenvalue weighted by Gasteiger charge is -2.29. The van der Waals surface area contributed by atoms with E-state index in [0.717, 1.165) is 47.3 Å². The van der Waals surface area contributed by atoms with Crippen molar-refractivity contribution in [3.8, 4) is 6.07 Å². The highest BCUT2D eigenvalue weighted by Crippen LogP contribution is 2.38. The third-order valence-electron chi connectivity index (χ3n) is 6.87. The second-order valence-electron chi connectivity index (χ2n) is 8.83. The molecule has 0 aliphatic heterocycles. The molecule has 1 aliphatic carbocycles. The van der Waals surface area contributed by atoms with Crippen LogP contribution in [0.3, 0.4) is 0 Å². The third kappa shape index (κ3) is 5.14. The Hall–Kier alpha value is -2.70. The fourth-order valence-electron chi connectivity index (χ4n) is 4.90. The second kappa shape index (κ2) is 10.1. The van der Waals surface area contributed by atoms with E-state index >= 15 is 4.39 Å². The summed E-state index contributed by atoms with van der Waals surface area (Å²) in [6.45, 7) is 0.859. The molecule has 4 rings (SSSR count). The van der Waals surface area contributed by atoms with Crippen molar-refractivity contribution < 1.29 is 9.13 Å². The van der Waals surface area contributed by atoms with Gasteiger partial charge in [-0.2, -0.15) is 5.26 Å². The smallest absolute Gasteiger partial charge is 0.134 e. The standard InChI is InChI=1S/C28H30FNO/c1-31-17-16-21-6-9-23(10-7-21)25-14-15-27-26(18-25)13-12-24(28(27)29)11-8-20-2-4-22(19-30)5-3-20/h2-5,12-15,18,21,23H,6-11,16-17H2,1H3. The van der Waals surface area contributed by atoms with Crippen molar-refractivity contribution >= 4 is 10.8 Å². The molecule has 0 radical (unpaired) electrons. The minimum absolute atomic E-state index is 0.0963. The molecule has 1 fully saturated rings. The van der Waals surface area contributed by atoms with E-state index in [-0.39, 0.29) is 5.82 Å². The van der Waals surface area contributed by atoms with Crippen LogP contribution in [0.4, 0.5) is 4.39 Å². The Labute approximate surface area is 184 Å². The Morgan fingerprint density at radius 3 is 2.45 bits per heavy atom. The molecule has 160 valence electrons. The molecular formula is C28H30FNO. The molecule has 3 aromatic carbocycles. The summed E-state index contributed by atoms with van der Waals surface area (Å²) in [5.41, 5.74) is 3.88. The molecule has 0 bridgehead atoms. The van der Waals surface area contributed by atoms with Crippen LogP contribution in [0.25, 0.3) is 10.8 Å². The lowest BCUT2D eigenvalue weighted by atomic mass is 9.77. The first-order valence-corrected chi connectivity index (χ1v) is 11.4. The maximum atomic E-state index is 15.2. The molecule has 0 amide bonds. The number of rotatable bonds is 7. The number of hydrogen-bond acceptors (Lipinski definition) is 2. The topological polar surface area (TPSA) is 33.0 Å². The van der Waals surface area contributed by atoms with Crippen LogP contribution in [0.1, 0.15) is 60.3 Å². The highest BCUT2D eigenvalue weighted by molar-refractivity contribution is 5.84. The SMILES string of the molecule is COCCC1CCC(c2ccc3c(F)c(CCc4ccc(C#N)cc4)ccc3c2)CC1. The number of benzene rings is 3. The normalized spacial score (nSPS) is 18.7. The van der Waals surface area contributed by atoms with Crippen LogP contribution < -0.4 is 0 Å². The van der Waals surface area contributed by atoms with Crippen LogP contribution >= 0.6 is 0 Å². The molecule has 1 aliphatic rings. The van der Waals surface area contributed by atoms with Gasteiger partial charge >= 0.3 is 0 Å². The number of hydrogen-bond donors (Lipinski definition) is 0. The molecular weight excluding hydrogens is 385 g/mol. The van der Waals surface area contributed by atoms with Gasteiger partial charge in [-0.05, 0) is 91.0 Å². The largest absolute Gasteiger partial charge is 0.385 e. The average Bonchev–Trinajstić information content (AvgIpc) is 2.83. The molecule has 0 atom stereocenters. The lowest BCUT2D eigenvalue weighted by molar-refractivity contribution is 0.163. The van der Waals surface area contributed by atoms with Crippen molar-refractivity contribution in [1.82, 2.24) is 0 Å². The predicted molar refractivity (Wildman–Crippen MR) is 124 cm³/mol. The second-order valence-corrected chi connectivity index (χ2v) is 8.83. The van der Waals surface area contributed by atoms with Gasteiger partial charge in [-0.1, -0.05) is 42.5 Å². The van der Waals surface area contributed by atoms with E-state index in [1.165, 1.54) is 31.2 Å². The number of nitriles is 1. The van der Waals surface area contributed by atoms with Gasteiger partial charge in [-0.25, -0.2) is 4.39 Å². The zero-order valence-corrected chi connectivity index (χ0v) is 18.2. The molecule has 0 aromatic heterocycles. The summed E-state index contributed by atoms with van der Waals surface area (Å²) in [6, 6.07) is 20.0. The lowest BCUT2D eigenvalue weighted by Crippen LogP contribution is -2.14. The van der Waals surface area contributed by atoms with E-state index in [4.69, 9.17) is 10.00 Å². The van der Waals surface area contributed by atoms with Gasteiger partial charge in [0.1, 0.15) is 5.82 Å². The highest BCUT2D eigenvalue weighted by Gasteiger charge is 2.22. The zero-order chi connectivity index (χ0) is 21.6. The van der Waals surface area contributed by atoms with Crippen molar-refractivity contribution in [2.75, 3.05) is 13.7 Å². The van der Waals surface area contributed by atoms with Gasteiger partial charge in [0.15, 0.2) is 0 Å². The minimum Gasteiger partial charge on any atom is -0.385 e. The van der Waals surface area contributed by atoms with Crippen LogP contribution in [0.5, 0.6) is 0 Å². The molecule has 3 aromatic rings. The summed E-state index contributed by atoms with van der Waals surface area (Å²) in [5.74, 6) is 1.27. The molecule has 1 saturated carbocycles. The van der Waals surface area contributed by atoms with Gasteiger partial charge in [0, 0.05) is 19.1 Å². The molecule has 0 saturated heterocycles. The Morgan fingerprint density at radius 2 is 1.74 bits per heavy atom. The first-order chi connectivity index (χ1) is 15.2. The maximum Gasteiger partial charge on any atom is 0.134 e. The van der Waals surface area contributed by atoms with E-state index in [9.17, 15) is 0 Å². The summed E-state index contributed by atoms with van der Waals surface area (Å²) in [6.07, 6.45) is 7.52. The van der Waals surface area contributed by atoms with Gasteiger partial charge in [0.2, 0.25) is 0 Å². The molecule has 0 N–H and O–H groups in total. The van der Waals surface area contributed by atoms with Gasteiger partial charge < -0.3 is 4.74 Å². The van der Waals surface area contributed by atoms with Crippen LogP contribution in [-0.4, -0.2) is 13.7 Å². The molecule has 3 heteroatoms. The first-order valence-electron chi connectivity index (χ1n) is 11.4. The number of methoxy groups -OCH3 is 1. The van der Waals surface area contributed by atoms with E-state index in [2.05, 4.69) is 24.3 Å². The van der Waals surface area contributed by atoms with E-state index in [1.54, 1.807) is 7.11 Å². The monoisotopic (exact) mass is 415 g/mol. The number of fused-ring (bicyclic) bond motifs is 1. The van der Waals surface area contributed by atoms with Crippen molar-refractivity contribution in [2.24, 2.45) is 5.92 Å². The minimum atomic E-state index is -0.0963. The van der Waals surface area contributed by atoms with Crippen molar-refractivity contribution in [3.63, 3.8) is 0 Å². The van der Waals surface area contributed by atoms with Crippen molar-refractivity contribution in [2.45, 2.75) is 50.9 Å². The van der Waals surface area contributed by atoms with E-state index < -0.39 is 0 Å². The molecule has 0 heterocycles. The van der Waals surface area contributed by atoms with Gasteiger partial charge in [-0.3, -0.25) is 0 Å². The van der Waals surface area contributed by atoms with Crippen LogP contribution in [-0.2, 0) is 17.6 Å². The van der Waals surface area contributed by atoms with E-state index in [0.29, 0.717) is 17.9 Å². The number of nitrogens with zero attached hydrogens (tertiary/aromatic N) is 1.